The van der Waals surface area contributed by atoms with E-state index < -0.39 is 0 Å². The van der Waals surface area contributed by atoms with Crippen molar-refractivity contribution in [3.8, 4) is 0 Å². The quantitative estimate of drug-likeness (QED) is 0.840. The van der Waals surface area contributed by atoms with E-state index in [1.54, 1.807) is 0 Å². The van der Waals surface area contributed by atoms with Gasteiger partial charge in [0.1, 0.15) is 5.69 Å². The van der Waals surface area contributed by atoms with Crippen molar-refractivity contribution < 1.29 is 4.79 Å². The van der Waals surface area contributed by atoms with Gasteiger partial charge in [0.05, 0.1) is 6.04 Å². The van der Waals surface area contributed by atoms with Gasteiger partial charge in [-0.05, 0) is 36.0 Å². The minimum atomic E-state index is -0.261. The van der Waals surface area contributed by atoms with E-state index in [1.165, 1.54) is 22.4 Å². The highest BCUT2D eigenvalue weighted by atomic mass is 16.2. The Kier molecular flexibility index (Phi) is 6.51. The molecule has 0 fully saturated rings. The van der Waals surface area contributed by atoms with E-state index in [1.807, 2.05) is 6.92 Å². The van der Waals surface area contributed by atoms with Crippen molar-refractivity contribution in [2.75, 3.05) is 0 Å². The van der Waals surface area contributed by atoms with Gasteiger partial charge in [-0.25, -0.2) is 4.68 Å². The zero-order chi connectivity index (χ0) is 18.4. The lowest BCUT2D eigenvalue weighted by atomic mass is 9.94. The van der Waals surface area contributed by atoms with Gasteiger partial charge >= 0.3 is 0 Å². The number of benzene rings is 1. The third-order valence-corrected chi connectivity index (χ3v) is 4.24. The number of hydrogen-bond acceptors (Lipinski definition) is 3. The summed E-state index contributed by atoms with van der Waals surface area (Å²) in [7, 11) is 0. The van der Waals surface area contributed by atoms with Gasteiger partial charge in [-0.1, -0.05) is 52.0 Å². The maximum absolute atomic E-state index is 12.6. The monoisotopic (exact) mass is 341 g/mol. The molecule has 134 valence electrons. The van der Waals surface area contributed by atoms with Crippen LogP contribution in [0.25, 0.3) is 0 Å². The first kappa shape index (κ1) is 18.9. The molecular weight excluding hydrogens is 314 g/mol. The molecule has 2 aromatic rings. The first-order valence-corrected chi connectivity index (χ1v) is 8.94. The van der Waals surface area contributed by atoms with Gasteiger partial charge in [-0.2, -0.15) is 5.10 Å². The van der Waals surface area contributed by atoms with Crippen LogP contribution in [0.5, 0.6) is 0 Å². The van der Waals surface area contributed by atoms with Crippen LogP contribution in [0.15, 0.2) is 41.2 Å². The number of amides is 1. The average Bonchev–Trinajstić information content (AvgIpc) is 2.61. The number of aryl methyl sites for hydroxylation is 2. The maximum atomic E-state index is 12.6. The standard InChI is InChI=1S/C20H27N3O2/c1-5-13-23-18(24)12-11-17(22-23)20(25)21-19(14(3)4)16-9-7-15(6-2)8-10-16/h7-12,14,19H,5-6,13H2,1-4H3,(H,21,25). The smallest absolute Gasteiger partial charge is 0.272 e. The third kappa shape index (κ3) is 4.78. The van der Waals surface area contributed by atoms with Crippen molar-refractivity contribution in [1.29, 1.82) is 0 Å². The highest BCUT2D eigenvalue weighted by Gasteiger charge is 2.20. The molecule has 0 aliphatic carbocycles. The fourth-order valence-corrected chi connectivity index (χ4v) is 2.75. The molecule has 1 N–H and O–H groups in total. The van der Waals surface area contributed by atoms with E-state index in [2.05, 4.69) is 55.5 Å². The van der Waals surface area contributed by atoms with Crippen LogP contribution in [0.2, 0.25) is 0 Å². The van der Waals surface area contributed by atoms with Crippen LogP contribution in [0, 0.1) is 5.92 Å². The number of aromatic nitrogens is 2. The Hall–Kier alpha value is -2.43. The summed E-state index contributed by atoms with van der Waals surface area (Å²) in [6.07, 6.45) is 1.78. The van der Waals surface area contributed by atoms with E-state index >= 15 is 0 Å². The lowest BCUT2D eigenvalue weighted by molar-refractivity contribution is 0.0918. The molecule has 0 saturated carbocycles. The van der Waals surface area contributed by atoms with E-state index in [0.717, 1.165) is 18.4 Å². The lowest BCUT2D eigenvalue weighted by Gasteiger charge is -2.23. The van der Waals surface area contributed by atoms with Crippen molar-refractivity contribution in [2.24, 2.45) is 5.92 Å². The molecule has 0 aliphatic rings. The second-order valence-electron chi connectivity index (χ2n) is 6.57. The Morgan fingerprint density at radius 1 is 1.12 bits per heavy atom. The molecule has 5 nitrogen and oxygen atoms in total. The Labute approximate surface area is 149 Å². The van der Waals surface area contributed by atoms with E-state index in [-0.39, 0.29) is 29.1 Å². The lowest BCUT2D eigenvalue weighted by Crippen LogP contribution is -2.34. The van der Waals surface area contributed by atoms with Crippen molar-refractivity contribution >= 4 is 5.91 Å². The van der Waals surface area contributed by atoms with E-state index in [0.29, 0.717) is 6.54 Å². The molecule has 1 atom stereocenters. The Morgan fingerprint density at radius 3 is 2.36 bits per heavy atom. The molecule has 1 amide bonds. The van der Waals surface area contributed by atoms with Gasteiger partial charge in [0.15, 0.2) is 0 Å². The molecule has 0 radical (unpaired) electrons. The zero-order valence-electron chi connectivity index (χ0n) is 15.5. The Balaban J connectivity index is 2.22. The SMILES string of the molecule is CCCn1nc(C(=O)NC(c2ccc(CC)cc2)C(C)C)ccc1=O. The molecule has 1 heterocycles. The number of carbonyl (C=O) groups excluding carboxylic acids is 1. The van der Waals surface area contributed by atoms with E-state index in [9.17, 15) is 9.59 Å². The summed E-state index contributed by atoms with van der Waals surface area (Å²) in [5.41, 5.74) is 2.42. The first-order chi connectivity index (χ1) is 12.0. The van der Waals surface area contributed by atoms with Gasteiger partial charge in [0, 0.05) is 12.6 Å². The van der Waals surface area contributed by atoms with Gasteiger partial charge in [0.2, 0.25) is 0 Å². The predicted molar refractivity (Wildman–Crippen MR) is 99.7 cm³/mol. The molecule has 5 heteroatoms. The predicted octanol–water partition coefficient (Wildman–Crippen LogP) is 3.34. The summed E-state index contributed by atoms with van der Waals surface area (Å²) in [5.74, 6) is -0.0268. The Morgan fingerprint density at radius 2 is 1.80 bits per heavy atom. The summed E-state index contributed by atoms with van der Waals surface area (Å²) < 4.78 is 1.34. The van der Waals surface area contributed by atoms with Crippen LogP contribution in [0.1, 0.15) is 61.8 Å². The van der Waals surface area contributed by atoms with E-state index in [4.69, 9.17) is 0 Å². The summed E-state index contributed by atoms with van der Waals surface area (Å²) in [6, 6.07) is 11.1. The number of carbonyl (C=O) groups is 1. The molecule has 25 heavy (non-hydrogen) atoms. The second kappa shape index (κ2) is 8.60. The summed E-state index contributed by atoms with van der Waals surface area (Å²) >= 11 is 0. The molecule has 0 spiro atoms. The van der Waals surface area contributed by atoms with Gasteiger partial charge < -0.3 is 5.32 Å². The maximum Gasteiger partial charge on any atom is 0.272 e. The molecule has 1 unspecified atom stereocenters. The van der Waals surface area contributed by atoms with Gasteiger partial charge in [-0.15, -0.1) is 0 Å². The van der Waals surface area contributed by atoms with Crippen LogP contribution in [0.4, 0.5) is 0 Å². The molecule has 2 rings (SSSR count). The van der Waals surface area contributed by atoms with Crippen molar-refractivity contribution in [1.82, 2.24) is 15.1 Å². The van der Waals surface area contributed by atoms with Crippen LogP contribution in [-0.2, 0) is 13.0 Å². The summed E-state index contributed by atoms with van der Waals surface area (Å²) in [4.78, 5) is 24.4. The highest BCUT2D eigenvalue weighted by molar-refractivity contribution is 5.92. The molecule has 1 aromatic carbocycles. The third-order valence-electron chi connectivity index (χ3n) is 4.24. The van der Waals surface area contributed by atoms with Crippen LogP contribution >= 0.6 is 0 Å². The van der Waals surface area contributed by atoms with Crippen LogP contribution in [0.3, 0.4) is 0 Å². The zero-order valence-corrected chi connectivity index (χ0v) is 15.5. The summed E-state index contributed by atoms with van der Waals surface area (Å²) in [6.45, 7) is 8.74. The highest BCUT2D eigenvalue weighted by Crippen LogP contribution is 2.22. The largest absolute Gasteiger partial charge is 0.344 e. The summed E-state index contributed by atoms with van der Waals surface area (Å²) in [5, 5.41) is 7.25. The fraction of sp³-hybridized carbons (Fsp3) is 0.450. The molecule has 1 aromatic heterocycles. The molecule has 0 bridgehead atoms. The number of nitrogens with one attached hydrogen (secondary N) is 1. The number of hydrogen-bond donors (Lipinski definition) is 1. The fourth-order valence-electron chi connectivity index (χ4n) is 2.75. The molecule has 0 saturated heterocycles. The topological polar surface area (TPSA) is 64.0 Å². The number of nitrogens with zero attached hydrogens (tertiary/aromatic N) is 2. The van der Waals surface area contributed by atoms with Crippen molar-refractivity contribution in [2.45, 2.75) is 53.1 Å². The van der Waals surface area contributed by atoms with Gasteiger partial charge in [-0.3, -0.25) is 9.59 Å². The second-order valence-corrected chi connectivity index (χ2v) is 6.57. The van der Waals surface area contributed by atoms with Crippen LogP contribution < -0.4 is 10.9 Å². The average molecular weight is 341 g/mol. The number of rotatable bonds is 7. The minimum absolute atomic E-state index is 0.105. The van der Waals surface area contributed by atoms with Crippen LogP contribution in [-0.4, -0.2) is 15.7 Å². The van der Waals surface area contributed by atoms with Crippen molar-refractivity contribution in [3.63, 3.8) is 0 Å². The normalized spacial score (nSPS) is 12.2. The minimum Gasteiger partial charge on any atom is -0.344 e. The first-order valence-electron chi connectivity index (χ1n) is 8.94. The van der Waals surface area contributed by atoms with Gasteiger partial charge in [0.25, 0.3) is 11.5 Å². The Bertz CT molecular complexity index is 763. The molecule has 0 aliphatic heterocycles. The molecular formula is C20H27N3O2. The van der Waals surface area contributed by atoms with Crippen molar-refractivity contribution in [3.05, 3.63) is 63.6 Å².